The molecule has 76 valence electrons. The number of hydrogen-bond donors (Lipinski definition) is 0. The van der Waals surface area contributed by atoms with E-state index in [2.05, 4.69) is 48.8 Å². The summed E-state index contributed by atoms with van der Waals surface area (Å²) in [6.45, 7) is 6.92. The van der Waals surface area contributed by atoms with Crippen LogP contribution in [-0.4, -0.2) is 5.75 Å². The van der Waals surface area contributed by atoms with Crippen LogP contribution in [0.1, 0.15) is 31.4 Å². The molecule has 2 heteroatoms. The highest BCUT2D eigenvalue weighted by Gasteiger charge is 2.29. The molecule has 0 aliphatic carbocycles. The van der Waals surface area contributed by atoms with Crippen LogP contribution in [0, 0.1) is 6.92 Å². The van der Waals surface area contributed by atoms with Gasteiger partial charge in [0.1, 0.15) is 0 Å². The van der Waals surface area contributed by atoms with Gasteiger partial charge in [-0.25, -0.2) is 0 Å². The maximum absolute atomic E-state index is 3.62. The first-order valence-corrected chi connectivity index (χ1v) is 6.72. The molecule has 2 rings (SSSR count). The largest absolute Gasteiger partial charge is 0.126 e. The van der Waals surface area contributed by atoms with Crippen molar-refractivity contribution >= 4 is 27.7 Å². The molecule has 14 heavy (non-hydrogen) atoms. The SMILES string of the molecule is Cc1c(Br)ccc2c1C(C)(C)CCS2. The lowest BCUT2D eigenvalue weighted by Gasteiger charge is -2.34. The molecule has 1 aromatic carbocycles. The minimum atomic E-state index is 0.342. The Kier molecular flexibility index (Phi) is 2.69. The van der Waals surface area contributed by atoms with Crippen LogP contribution in [0.15, 0.2) is 21.5 Å². The van der Waals surface area contributed by atoms with Gasteiger partial charge in [-0.15, -0.1) is 11.8 Å². The van der Waals surface area contributed by atoms with Gasteiger partial charge in [0.2, 0.25) is 0 Å². The lowest BCUT2D eigenvalue weighted by molar-refractivity contribution is 0.490. The summed E-state index contributed by atoms with van der Waals surface area (Å²) in [4.78, 5) is 1.47. The monoisotopic (exact) mass is 270 g/mol. The highest BCUT2D eigenvalue weighted by atomic mass is 79.9. The maximum atomic E-state index is 3.62. The molecule has 0 spiro atoms. The third kappa shape index (κ3) is 1.63. The van der Waals surface area contributed by atoms with Gasteiger partial charge in [0.25, 0.3) is 0 Å². The Morgan fingerprint density at radius 2 is 2.07 bits per heavy atom. The van der Waals surface area contributed by atoms with Gasteiger partial charge < -0.3 is 0 Å². The van der Waals surface area contributed by atoms with Crippen molar-refractivity contribution in [2.24, 2.45) is 0 Å². The lowest BCUT2D eigenvalue weighted by atomic mass is 9.79. The zero-order chi connectivity index (χ0) is 10.3. The van der Waals surface area contributed by atoms with Crippen molar-refractivity contribution in [1.29, 1.82) is 0 Å². The van der Waals surface area contributed by atoms with E-state index >= 15 is 0 Å². The minimum absolute atomic E-state index is 0.342. The number of thioether (sulfide) groups is 1. The van der Waals surface area contributed by atoms with Crippen LogP contribution >= 0.6 is 27.7 Å². The third-order valence-corrected chi connectivity index (χ3v) is 4.94. The fraction of sp³-hybridized carbons (Fsp3) is 0.500. The zero-order valence-electron chi connectivity index (χ0n) is 8.86. The normalized spacial score (nSPS) is 19.1. The van der Waals surface area contributed by atoms with E-state index in [1.54, 1.807) is 5.56 Å². The summed E-state index contributed by atoms with van der Waals surface area (Å²) in [5, 5.41) is 0. The van der Waals surface area contributed by atoms with E-state index in [4.69, 9.17) is 0 Å². The molecule has 0 bridgehead atoms. The van der Waals surface area contributed by atoms with Crippen LogP contribution in [0.3, 0.4) is 0 Å². The van der Waals surface area contributed by atoms with Crippen LogP contribution in [0.2, 0.25) is 0 Å². The third-order valence-electron chi connectivity index (χ3n) is 3.02. The standard InChI is InChI=1S/C12H15BrS/c1-8-9(13)4-5-10-11(8)12(2,3)6-7-14-10/h4-5H,6-7H2,1-3H3. The molecule has 0 nitrogen and oxygen atoms in total. The summed E-state index contributed by atoms with van der Waals surface area (Å²) in [6.07, 6.45) is 1.28. The molecule has 0 fully saturated rings. The molecule has 0 saturated heterocycles. The molecule has 1 heterocycles. The van der Waals surface area contributed by atoms with Gasteiger partial charge in [-0.2, -0.15) is 0 Å². The summed E-state index contributed by atoms with van der Waals surface area (Å²) >= 11 is 5.61. The first kappa shape index (κ1) is 10.6. The number of halogens is 1. The van der Waals surface area contributed by atoms with Gasteiger partial charge in [0, 0.05) is 9.37 Å². The second kappa shape index (κ2) is 3.57. The first-order chi connectivity index (χ1) is 6.52. The number of hydrogen-bond acceptors (Lipinski definition) is 1. The second-order valence-electron chi connectivity index (χ2n) is 4.53. The highest BCUT2D eigenvalue weighted by molar-refractivity contribution is 9.10. The summed E-state index contributed by atoms with van der Waals surface area (Å²) in [5.74, 6) is 1.25. The molecule has 1 aliphatic rings. The Morgan fingerprint density at radius 3 is 2.79 bits per heavy atom. The maximum Gasteiger partial charge on any atom is 0.0208 e. The van der Waals surface area contributed by atoms with Crippen molar-refractivity contribution in [2.75, 3.05) is 5.75 Å². The van der Waals surface area contributed by atoms with Crippen molar-refractivity contribution in [2.45, 2.75) is 37.5 Å². The summed E-state index contributed by atoms with van der Waals surface area (Å²) in [5.41, 5.74) is 3.30. The Morgan fingerprint density at radius 1 is 1.36 bits per heavy atom. The van der Waals surface area contributed by atoms with E-state index < -0.39 is 0 Å². The average molecular weight is 271 g/mol. The Labute approximate surface area is 98.6 Å². The summed E-state index contributed by atoms with van der Waals surface area (Å²) in [7, 11) is 0. The molecule has 1 aliphatic heterocycles. The predicted octanol–water partition coefficient (Wildman–Crippen LogP) is 4.53. The van der Waals surface area contributed by atoms with Crippen LogP contribution in [-0.2, 0) is 5.41 Å². The van der Waals surface area contributed by atoms with E-state index in [0.29, 0.717) is 5.41 Å². The van der Waals surface area contributed by atoms with Crippen molar-refractivity contribution in [3.05, 3.63) is 27.7 Å². The summed E-state index contributed by atoms with van der Waals surface area (Å²) in [6, 6.07) is 4.42. The fourth-order valence-electron chi connectivity index (χ4n) is 2.16. The van der Waals surface area contributed by atoms with E-state index in [1.807, 2.05) is 11.8 Å². The van der Waals surface area contributed by atoms with Gasteiger partial charge in [-0.05, 0) is 47.8 Å². The van der Waals surface area contributed by atoms with Crippen LogP contribution in [0.5, 0.6) is 0 Å². The van der Waals surface area contributed by atoms with Gasteiger partial charge in [-0.3, -0.25) is 0 Å². The first-order valence-electron chi connectivity index (χ1n) is 4.95. The Bertz CT molecular complexity index is 369. The molecule has 0 N–H and O–H groups in total. The topological polar surface area (TPSA) is 0 Å². The van der Waals surface area contributed by atoms with Gasteiger partial charge in [0.05, 0.1) is 0 Å². The molecule has 0 atom stereocenters. The number of fused-ring (bicyclic) bond motifs is 1. The molecular formula is C12H15BrS. The quantitative estimate of drug-likeness (QED) is 0.668. The van der Waals surface area contributed by atoms with E-state index in [1.165, 1.54) is 27.1 Å². The number of benzene rings is 1. The summed E-state index contributed by atoms with van der Waals surface area (Å²) < 4.78 is 1.24. The predicted molar refractivity (Wildman–Crippen MR) is 67.2 cm³/mol. The van der Waals surface area contributed by atoms with Gasteiger partial charge >= 0.3 is 0 Å². The molecule has 0 unspecified atom stereocenters. The van der Waals surface area contributed by atoms with E-state index in [-0.39, 0.29) is 0 Å². The smallest absolute Gasteiger partial charge is 0.0208 e. The number of rotatable bonds is 0. The Hall–Kier alpha value is 0.0500. The second-order valence-corrected chi connectivity index (χ2v) is 6.52. The van der Waals surface area contributed by atoms with Crippen LogP contribution in [0.4, 0.5) is 0 Å². The van der Waals surface area contributed by atoms with Crippen LogP contribution in [0.25, 0.3) is 0 Å². The van der Waals surface area contributed by atoms with Crippen molar-refractivity contribution < 1.29 is 0 Å². The average Bonchev–Trinajstić information content (AvgIpc) is 2.10. The van der Waals surface area contributed by atoms with E-state index in [0.717, 1.165) is 0 Å². The van der Waals surface area contributed by atoms with Crippen molar-refractivity contribution in [3.63, 3.8) is 0 Å². The molecule has 0 saturated carbocycles. The van der Waals surface area contributed by atoms with E-state index in [9.17, 15) is 0 Å². The highest BCUT2D eigenvalue weighted by Crippen LogP contribution is 2.44. The van der Waals surface area contributed by atoms with Crippen molar-refractivity contribution in [3.8, 4) is 0 Å². The molecule has 0 aromatic heterocycles. The van der Waals surface area contributed by atoms with Gasteiger partial charge in [-0.1, -0.05) is 29.8 Å². The van der Waals surface area contributed by atoms with Crippen LogP contribution < -0.4 is 0 Å². The zero-order valence-corrected chi connectivity index (χ0v) is 11.3. The van der Waals surface area contributed by atoms with Gasteiger partial charge in [0.15, 0.2) is 0 Å². The van der Waals surface area contributed by atoms with Crippen molar-refractivity contribution in [1.82, 2.24) is 0 Å². The Balaban J connectivity index is 2.66. The minimum Gasteiger partial charge on any atom is -0.126 e. The molecule has 0 radical (unpaired) electrons. The molecular weight excluding hydrogens is 256 g/mol. The fourth-order valence-corrected chi connectivity index (χ4v) is 4.06. The molecule has 1 aromatic rings. The molecule has 0 amide bonds. The lowest BCUT2D eigenvalue weighted by Crippen LogP contribution is -2.24.